The molecule has 120 heavy (non-hydrogen) atoms. The molecule has 0 aromatic rings. The van der Waals surface area contributed by atoms with Crippen LogP contribution in [0.3, 0.4) is 0 Å². The molecule has 0 aromatic heterocycles. The quantitative estimate of drug-likeness (QED) is 0.121. The summed E-state index contributed by atoms with van der Waals surface area (Å²) in [5, 5.41) is 87.0. The van der Waals surface area contributed by atoms with Gasteiger partial charge in [0.25, 0.3) is 0 Å². The molecule has 16 aliphatic carbocycles. The second kappa shape index (κ2) is 30.2. The van der Waals surface area contributed by atoms with Gasteiger partial charge in [0.05, 0.1) is 24.4 Å². The third kappa shape index (κ3) is 10.9. The van der Waals surface area contributed by atoms with E-state index in [4.69, 9.17) is 37.9 Å². The second-order valence-electron chi connectivity index (χ2n) is 41.4. The number of carbonyl (C=O) groups excluding carboxylic acids is 4. The molecule has 8 N–H and O–H groups in total. The number of rotatable bonds is 4. The van der Waals surface area contributed by atoms with Crippen LogP contribution in [0.15, 0.2) is 95.2 Å². The van der Waals surface area contributed by atoms with Gasteiger partial charge in [0, 0.05) is 67.0 Å². The Morgan fingerprint density at radius 1 is 0.417 bits per heavy atom. The van der Waals surface area contributed by atoms with Gasteiger partial charge in [-0.1, -0.05) is 168 Å². The maximum Gasteiger partial charge on any atom is 0.227 e. The highest BCUT2D eigenvalue weighted by Gasteiger charge is 2.85. The highest BCUT2D eigenvalue weighted by Crippen LogP contribution is 2.79. The van der Waals surface area contributed by atoms with Crippen molar-refractivity contribution in [1.29, 1.82) is 0 Å². The van der Waals surface area contributed by atoms with Gasteiger partial charge < -0.3 is 78.7 Å². The first-order valence-corrected chi connectivity index (χ1v) is 45.2. The predicted molar refractivity (Wildman–Crippen MR) is 436 cm³/mol. The van der Waals surface area contributed by atoms with Crippen molar-refractivity contribution in [2.75, 3.05) is 53.6 Å². The number of carbonyl (C=O) groups is 4. The molecule has 0 radical (unpaired) electrons. The number of fused-ring (bicyclic) bond motifs is 24. The Kier molecular flexibility index (Phi) is 22.7. The van der Waals surface area contributed by atoms with E-state index in [0.29, 0.717) is 76.4 Å². The Hall–Kier alpha value is -4.32. The summed E-state index contributed by atoms with van der Waals surface area (Å²) in [6, 6.07) is 0. The molecule has 20 nitrogen and oxygen atoms in total. The van der Waals surface area contributed by atoms with Crippen LogP contribution in [0.4, 0.5) is 17.6 Å². The first-order chi connectivity index (χ1) is 56.4. The molecule has 24 heteroatoms. The van der Waals surface area contributed by atoms with Crippen LogP contribution in [-0.2, 0) is 57.1 Å². The van der Waals surface area contributed by atoms with E-state index in [1.807, 2.05) is 86.6 Å². The second-order valence-corrected chi connectivity index (χ2v) is 41.4. The fourth-order valence-corrected chi connectivity index (χ4v) is 32.4. The fraction of sp³-hybridized carbons (Fsp3) is 0.792. The van der Waals surface area contributed by atoms with Gasteiger partial charge in [0.1, 0.15) is 60.2 Å². The number of aliphatic hydroxyl groups is 8. The van der Waals surface area contributed by atoms with Crippen molar-refractivity contribution in [2.45, 2.75) is 307 Å². The van der Waals surface area contributed by atoms with Gasteiger partial charge in [-0.25, -0.2) is 17.6 Å². The summed E-state index contributed by atoms with van der Waals surface area (Å²) in [5.74, 6) is -6.14. The molecule has 4 heterocycles. The molecule has 0 aromatic carbocycles. The van der Waals surface area contributed by atoms with Crippen molar-refractivity contribution >= 4 is 23.1 Å². The topological polar surface area (TPSA) is 304 Å². The van der Waals surface area contributed by atoms with E-state index in [2.05, 4.69) is 39.8 Å². The van der Waals surface area contributed by atoms with Crippen molar-refractivity contribution < 1.29 is 115 Å². The summed E-state index contributed by atoms with van der Waals surface area (Å²) in [7, 11) is 0. The molecule has 4 aliphatic heterocycles. The molecule has 16 fully saturated rings. The lowest BCUT2D eigenvalue weighted by Crippen LogP contribution is -2.71. The lowest BCUT2D eigenvalue weighted by Gasteiger charge is -2.64. The zero-order valence-corrected chi connectivity index (χ0v) is 73.5. The average Bonchev–Trinajstić information content (AvgIpc) is 1.36. The van der Waals surface area contributed by atoms with Crippen molar-refractivity contribution in [3.8, 4) is 0 Å². The van der Waals surface area contributed by atoms with Crippen molar-refractivity contribution in [3.63, 3.8) is 0 Å². The molecule has 4 spiro atoms. The van der Waals surface area contributed by atoms with Crippen LogP contribution in [-0.4, -0.2) is 199 Å². The number of Topliss-reactive ketones (excluding diaryl/α,β-unsaturated/α-hetero) is 2. The van der Waals surface area contributed by atoms with Gasteiger partial charge in [-0.3, -0.25) is 19.2 Å². The summed E-state index contributed by atoms with van der Waals surface area (Å²) >= 11 is 0. The predicted octanol–water partition coefficient (Wildman–Crippen LogP) is 13.6. The molecule has 4 saturated heterocycles. The summed E-state index contributed by atoms with van der Waals surface area (Å²) < 4.78 is 116. The number of halogens is 4. The lowest BCUT2D eigenvalue weighted by molar-refractivity contribution is -0.279. The molecular formula is C96H136F4O20. The van der Waals surface area contributed by atoms with E-state index in [0.717, 1.165) is 48.8 Å². The molecular weight excluding hydrogens is 1550 g/mol. The number of hydrogen-bond donors (Lipinski definition) is 8. The third-order valence-corrected chi connectivity index (χ3v) is 37.9. The average molecular weight is 1690 g/mol. The van der Waals surface area contributed by atoms with E-state index in [-0.39, 0.29) is 118 Å². The van der Waals surface area contributed by atoms with Crippen molar-refractivity contribution in [3.05, 3.63) is 95.2 Å². The maximum atomic E-state index is 17.3. The van der Waals surface area contributed by atoms with Crippen molar-refractivity contribution in [2.24, 2.45) is 114 Å². The summed E-state index contributed by atoms with van der Waals surface area (Å²) in [6.45, 7) is 30.9. The van der Waals surface area contributed by atoms with Crippen LogP contribution in [0.5, 0.6) is 0 Å². The molecule has 34 atom stereocenters. The Labute approximate surface area is 705 Å². The van der Waals surface area contributed by atoms with Crippen LogP contribution in [0, 0.1) is 114 Å². The molecule has 0 amide bonds. The Bertz CT molecular complexity index is 4300. The molecule has 2 unspecified atom stereocenters. The molecule has 12 saturated carbocycles. The van der Waals surface area contributed by atoms with Gasteiger partial charge in [0.15, 0.2) is 61.6 Å². The third-order valence-electron chi connectivity index (χ3n) is 37.9. The molecule has 20 aliphatic rings. The Morgan fingerprint density at radius 2 is 0.717 bits per heavy atom. The largest absolute Gasteiger partial charge is 0.390 e. The number of alkyl halides is 4. The number of aliphatic hydroxyl groups excluding tert-OH is 6. The zero-order valence-electron chi connectivity index (χ0n) is 73.5. The van der Waals surface area contributed by atoms with E-state index < -0.39 is 167 Å². The van der Waals surface area contributed by atoms with Crippen LogP contribution in [0.2, 0.25) is 0 Å². The highest BCUT2D eigenvalue weighted by molar-refractivity contribution is 6.02. The van der Waals surface area contributed by atoms with Gasteiger partial charge in [0.2, 0.25) is 11.6 Å². The van der Waals surface area contributed by atoms with Crippen LogP contribution >= 0.6 is 0 Å². The highest BCUT2D eigenvalue weighted by atomic mass is 19.2. The van der Waals surface area contributed by atoms with Gasteiger partial charge in [-0.2, -0.15) is 0 Å². The van der Waals surface area contributed by atoms with Gasteiger partial charge in [-0.15, -0.1) is 0 Å². The minimum atomic E-state index is -1.98. The van der Waals surface area contributed by atoms with Crippen LogP contribution in [0.25, 0.3) is 0 Å². The zero-order chi connectivity index (χ0) is 87.4. The smallest absolute Gasteiger partial charge is 0.227 e. The molecule has 20 rings (SSSR count). The minimum absolute atomic E-state index is 0.0110. The van der Waals surface area contributed by atoms with Gasteiger partial charge >= 0.3 is 0 Å². The van der Waals surface area contributed by atoms with E-state index >= 15 is 17.6 Å². The van der Waals surface area contributed by atoms with Crippen LogP contribution in [0.1, 0.15) is 226 Å². The fourth-order valence-electron chi connectivity index (χ4n) is 32.4. The molecule has 0 bridgehead atoms. The van der Waals surface area contributed by atoms with Gasteiger partial charge in [-0.05, 0) is 201 Å². The first kappa shape index (κ1) is 90.5. The number of ketones is 4. The summed E-state index contributed by atoms with van der Waals surface area (Å²) in [4.78, 5) is 48.9. The maximum absolute atomic E-state index is 17.3. The number of hydrogen-bond acceptors (Lipinski definition) is 20. The Morgan fingerprint density at radius 3 is 1.05 bits per heavy atom. The standard InChI is InChI=1S/C24H31FO6.C24H33FO5.C22H29FO5.C22H31FO4.2C2H6/c1-14-8-18-17-5-4-15-9-16(26)6-7-20(15,2)23(17,25)19(27)10-21(18,3)24(14)22(30-13-31-24)11-28-12-29-22;1-15-10-18-17-8-7-16-6-4-5-9-20(16,2)23(17,25)19(26)11-21(18,3)24(15)22(29-14-30-24)12-27-13-28-22;1-12-8-16-15-5-4-13-9-14(25)6-7-19(13,2)21(15,23)17(26)10-20(16,3)22(12,28)18(27)11-24;1-13-10-16-15-8-7-14-6-4-5-9-19(14,2)21(15,23)17(25)11-20(16,3)22(13,27)18(26)12-24;2*1-2/h6-7,9,14,17-19,27H,4-5,8,10-13H2,1-3H3;4-6,15,17-19,26H,7-14H2,1-3H3;6-7,9,12,15-17,24,26,28H,4-5,8,10-11H2,1-3H3;4-6,13,15-17,24-25,27H,7-12H2,1-3H3;2*1-2H3/t14-,17+,18+,19+,20+,21+,22?,23+,24-;15-,17+,18+,19+,20+,21+,22?,23+,24-;12-,15+,16+,17+,19+,20+,21+,22+;13-,15+,16+,17+,19+,20+,21+,22+;;/m1111../s1. The lowest BCUT2D eigenvalue weighted by atomic mass is 9.44. The number of ether oxygens (including phenoxy) is 8. The minimum Gasteiger partial charge on any atom is -0.390 e. The Balaban J connectivity index is 0.000000123. The van der Waals surface area contributed by atoms with Crippen LogP contribution < -0.4 is 0 Å². The summed E-state index contributed by atoms with van der Waals surface area (Å²) in [6.07, 6.45) is 26.0. The van der Waals surface area contributed by atoms with Crippen molar-refractivity contribution in [1.82, 2.24) is 0 Å². The molecule has 668 valence electrons. The monoisotopic (exact) mass is 1680 g/mol. The number of allylic oxidation sites excluding steroid dienone is 16. The first-order valence-electron chi connectivity index (χ1n) is 45.2. The summed E-state index contributed by atoms with van der Waals surface area (Å²) in [5.41, 5.74) is -15.0. The SMILES string of the molecule is CC.CC.C[C@@H]1C[C@H]2[C@@H]3CCC4=CC(=O)C=C[C@]4(C)[C@@]3(F)[C@@H](O)C[C@]2(C)[C@@]1(O)C(=O)CO.C[C@@H]1C[C@H]2[C@@H]3CCC4=CC(=O)C=C[C@]4(C)[C@@]3(F)[C@@H](O)C[C@]2(C)[C@]12OCOC21COCO1.C[C@@H]1C[C@H]2[C@@H]3CCC4=CC=CC[C@]4(C)[C@@]3(F)[C@@H](O)C[C@]2(C)[C@@]1(O)C(=O)CO.C[C@@H]1C[C@H]2[C@@H]3CCC4=CC=CC[C@]4(C)[C@@]3(F)[C@@H](O)C[C@]2(C)[C@]12OCOC21COCO1. The normalized spacial score (nSPS) is 54.3. The van der Waals surface area contributed by atoms with E-state index in [1.54, 1.807) is 39.0 Å². The van der Waals surface area contributed by atoms with E-state index in [9.17, 15) is 60.0 Å². The van der Waals surface area contributed by atoms with E-state index in [1.165, 1.54) is 18.2 Å².